The Morgan fingerprint density at radius 3 is 2.89 bits per heavy atom. The van der Waals surface area contributed by atoms with E-state index in [1.54, 1.807) is 0 Å². The van der Waals surface area contributed by atoms with Crippen LogP contribution in [-0.4, -0.2) is 34.8 Å². The number of carboxylic acid groups (broad SMARTS) is 1. The van der Waals surface area contributed by atoms with Crippen LogP contribution in [0.15, 0.2) is 29.2 Å². The number of aliphatic carboxylic acids is 1. The molecule has 1 fully saturated rings. The number of thioether (sulfide) groups is 1. The molecule has 0 aromatic heterocycles. The topological polar surface area (TPSA) is 40.5 Å². The number of nitrogens with zero attached hydrogens (tertiary/aromatic N) is 1. The molecule has 3 rings (SSSR count). The molecule has 1 aromatic rings. The van der Waals surface area contributed by atoms with Crippen molar-refractivity contribution < 1.29 is 9.90 Å². The summed E-state index contributed by atoms with van der Waals surface area (Å²) >= 11 is 1.94. The quantitative estimate of drug-likeness (QED) is 0.922. The smallest absolute Gasteiger partial charge is 0.306 e. The van der Waals surface area contributed by atoms with E-state index in [0.717, 1.165) is 18.8 Å². The Balaban J connectivity index is 1.68. The molecular weight excluding hydrogens is 258 g/mol. The Hall–Kier alpha value is -1.00. The standard InChI is InChI=1S/C15H19NO2S/c1-10(15(17)18)11-8-16(9-11)13-6-7-19-14-5-3-2-4-12(13)14/h2-5,10-11,13H,6-9H2,1H3,(H,17,18). The summed E-state index contributed by atoms with van der Waals surface area (Å²) in [4.78, 5) is 14.8. The summed E-state index contributed by atoms with van der Waals surface area (Å²) in [6.07, 6.45) is 1.18. The number of carboxylic acids is 1. The van der Waals surface area contributed by atoms with Crippen LogP contribution in [0.2, 0.25) is 0 Å². The SMILES string of the molecule is CC(C(=O)O)C1CN(C2CCSc3ccccc32)C1. The average molecular weight is 277 g/mol. The number of likely N-dealkylation sites (tertiary alicyclic amines) is 1. The van der Waals surface area contributed by atoms with E-state index in [0.29, 0.717) is 12.0 Å². The summed E-state index contributed by atoms with van der Waals surface area (Å²) < 4.78 is 0. The molecule has 1 saturated heterocycles. The van der Waals surface area contributed by atoms with E-state index in [1.807, 2.05) is 18.7 Å². The summed E-state index contributed by atoms with van der Waals surface area (Å²) in [6, 6.07) is 9.12. The highest BCUT2D eigenvalue weighted by Crippen LogP contribution is 2.42. The second-order valence-electron chi connectivity index (χ2n) is 5.53. The van der Waals surface area contributed by atoms with Gasteiger partial charge in [0.2, 0.25) is 0 Å². The van der Waals surface area contributed by atoms with Gasteiger partial charge in [0.25, 0.3) is 0 Å². The molecule has 102 valence electrons. The van der Waals surface area contributed by atoms with E-state index >= 15 is 0 Å². The number of fused-ring (bicyclic) bond motifs is 1. The minimum absolute atomic E-state index is 0.218. The zero-order valence-electron chi connectivity index (χ0n) is 11.1. The minimum Gasteiger partial charge on any atom is -0.481 e. The van der Waals surface area contributed by atoms with Gasteiger partial charge in [0.15, 0.2) is 0 Å². The number of hydrogen-bond acceptors (Lipinski definition) is 3. The van der Waals surface area contributed by atoms with E-state index in [2.05, 4.69) is 29.2 Å². The number of rotatable bonds is 3. The van der Waals surface area contributed by atoms with Crippen molar-refractivity contribution in [3.05, 3.63) is 29.8 Å². The Morgan fingerprint density at radius 2 is 2.16 bits per heavy atom. The molecule has 2 heterocycles. The lowest BCUT2D eigenvalue weighted by Crippen LogP contribution is -2.52. The largest absolute Gasteiger partial charge is 0.481 e. The normalized spacial score (nSPS) is 25.4. The van der Waals surface area contributed by atoms with Gasteiger partial charge >= 0.3 is 5.97 Å². The van der Waals surface area contributed by atoms with Crippen molar-refractivity contribution >= 4 is 17.7 Å². The van der Waals surface area contributed by atoms with Crippen LogP contribution >= 0.6 is 11.8 Å². The van der Waals surface area contributed by atoms with Crippen LogP contribution in [0.4, 0.5) is 0 Å². The number of hydrogen-bond donors (Lipinski definition) is 1. The Morgan fingerprint density at radius 1 is 1.42 bits per heavy atom. The van der Waals surface area contributed by atoms with E-state index in [1.165, 1.54) is 16.9 Å². The van der Waals surface area contributed by atoms with Gasteiger partial charge in [0.1, 0.15) is 0 Å². The third-order valence-corrected chi connectivity index (χ3v) is 5.52. The first-order valence-corrected chi connectivity index (χ1v) is 7.84. The van der Waals surface area contributed by atoms with Crippen LogP contribution in [0.3, 0.4) is 0 Å². The van der Waals surface area contributed by atoms with Gasteiger partial charge in [-0.1, -0.05) is 25.1 Å². The fraction of sp³-hybridized carbons (Fsp3) is 0.533. The highest BCUT2D eigenvalue weighted by Gasteiger charge is 2.39. The molecular formula is C15H19NO2S. The molecule has 2 atom stereocenters. The van der Waals surface area contributed by atoms with Crippen molar-refractivity contribution in [1.29, 1.82) is 0 Å². The maximum Gasteiger partial charge on any atom is 0.306 e. The molecule has 4 heteroatoms. The first-order valence-electron chi connectivity index (χ1n) is 6.85. The van der Waals surface area contributed by atoms with E-state index in [9.17, 15) is 4.79 Å². The maximum atomic E-state index is 11.0. The summed E-state index contributed by atoms with van der Waals surface area (Å²) in [7, 11) is 0. The molecule has 2 aliphatic heterocycles. The van der Waals surface area contributed by atoms with Gasteiger partial charge in [-0.15, -0.1) is 11.8 Å². The van der Waals surface area contributed by atoms with Crippen molar-refractivity contribution in [3.8, 4) is 0 Å². The Kier molecular flexibility index (Phi) is 3.54. The third-order valence-electron chi connectivity index (χ3n) is 4.40. The summed E-state index contributed by atoms with van der Waals surface area (Å²) in [5.41, 5.74) is 1.43. The molecule has 1 N–H and O–H groups in total. The first-order chi connectivity index (χ1) is 9.16. The van der Waals surface area contributed by atoms with Crippen molar-refractivity contribution in [2.75, 3.05) is 18.8 Å². The molecule has 1 aromatic carbocycles. The molecule has 0 amide bonds. The van der Waals surface area contributed by atoms with Gasteiger partial charge in [-0.3, -0.25) is 9.69 Å². The Labute approximate surface area is 118 Å². The molecule has 2 unspecified atom stereocenters. The van der Waals surface area contributed by atoms with Gasteiger partial charge in [0, 0.05) is 24.0 Å². The third kappa shape index (κ3) is 2.39. The van der Waals surface area contributed by atoms with Gasteiger partial charge in [-0.05, 0) is 29.7 Å². The second-order valence-corrected chi connectivity index (χ2v) is 6.67. The average Bonchev–Trinajstić information content (AvgIpc) is 2.37. The Bertz CT molecular complexity index is 485. The first kappa shape index (κ1) is 13.0. The summed E-state index contributed by atoms with van der Waals surface area (Å²) in [6.45, 7) is 3.68. The fourth-order valence-corrected chi connectivity index (χ4v) is 4.13. The van der Waals surface area contributed by atoms with Crippen LogP contribution in [0.1, 0.15) is 24.9 Å². The monoisotopic (exact) mass is 277 g/mol. The molecule has 0 radical (unpaired) electrons. The van der Waals surface area contributed by atoms with Crippen molar-refractivity contribution in [1.82, 2.24) is 4.90 Å². The molecule has 0 spiro atoms. The van der Waals surface area contributed by atoms with Gasteiger partial charge in [-0.25, -0.2) is 0 Å². The zero-order valence-corrected chi connectivity index (χ0v) is 11.9. The fourth-order valence-electron chi connectivity index (χ4n) is 3.02. The van der Waals surface area contributed by atoms with E-state index in [4.69, 9.17) is 5.11 Å². The van der Waals surface area contributed by atoms with E-state index in [-0.39, 0.29) is 5.92 Å². The predicted octanol–water partition coefficient (Wildman–Crippen LogP) is 2.88. The van der Waals surface area contributed by atoms with Gasteiger partial charge in [0.05, 0.1) is 5.92 Å². The molecule has 2 aliphatic rings. The molecule has 0 aliphatic carbocycles. The molecule has 0 bridgehead atoms. The van der Waals surface area contributed by atoms with E-state index < -0.39 is 5.97 Å². The number of carbonyl (C=O) groups is 1. The van der Waals surface area contributed by atoms with Crippen molar-refractivity contribution in [3.63, 3.8) is 0 Å². The van der Waals surface area contributed by atoms with Crippen molar-refractivity contribution in [2.45, 2.75) is 24.3 Å². The van der Waals surface area contributed by atoms with Crippen LogP contribution < -0.4 is 0 Å². The summed E-state index contributed by atoms with van der Waals surface area (Å²) in [5.74, 6) is 0.602. The molecule has 19 heavy (non-hydrogen) atoms. The lowest BCUT2D eigenvalue weighted by Gasteiger charge is -2.47. The van der Waals surface area contributed by atoms with Crippen LogP contribution in [0.5, 0.6) is 0 Å². The van der Waals surface area contributed by atoms with Crippen LogP contribution in [0, 0.1) is 11.8 Å². The molecule has 3 nitrogen and oxygen atoms in total. The van der Waals surface area contributed by atoms with Crippen LogP contribution in [-0.2, 0) is 4.79 Å². The summed E-state index contributed by atoms with van der Waals surface area (Å²) in [5, 5.41) is 9.05. The predicted molar refractivity (Wildman–Crippen MR) is 76.4 cm³/mol. The van der Waals surface area contributed by atoms with Gasteiger partial charge in [-0.2, -0.15) is 0 Å². The highest BCUT2D eigenvalue weighted by atomic mass is 32.2. The lowest BCUT2D eigenvalue weighted by molar-refractivity contribution is -0.146. The maximum absolute atomic E-state index is 11.0. The highest BCUT2D eigenvalue weighted by molar-refractivity contribution is 7.99. The number of benzene rings is 1. The minimum atomic E-state index is -0.663. The van der Waals surface area contributed by atoms with Crippen LogP contribution in [0.25, 0.3) is 0 Å². The zero-order chi connectivity index (χ0) is 13.4. The van der Waals surface area contributed by atoms with Gasteiger partial charge < -0.3 is 5.11 Å². The lowest BCUT2D eigenvalue weighted by atomic mass is 9.84. The second kappa shape index (κ2) is 5.17. The van der Waals surface area contributed by atoms with Crippen molar-refractivity contribution in [2.24, 2.45) is 11.8 Å². The molecule has 0 saturated carbocycles.